The fraction of sp³-hybridized carbons (Fsp3) is 0.950. The van der Waals surface area contributed by atoms with Crippen LogP contribution in [0.25, 0.3) is 0 Å². The summed E-state index contributed by atoms with van der Waals surface area (Å²) < 4.78 is 0. The average molecular weight is 294 g/mol. The van der Waals surface area contributed by atoms with Crippen molar-refractivity contribution in [3.63, 3.8) is 0 Å². The molecule has 0 spiro atoms. The first-order valence-corrected chi connectivity index (χ1v) is 9.59. The molecule has 124 valence electrons. The zero-order chi connectivity index (χ0) is 15.6. The van der Waals surface area contributed by atoms with Crippen LogP contribution in [0.3, 0.4) is 0 Å². The second-order valence-corrected chi connectivity index (χ2v) is 7.74. The van der Waals surface area contributed by atoms with Crippen LogP contribution in [0, 0.1) is 10.8 Å². The van der Waals surface area contributed by atoms with Gasteiger partial charge in [-0.25, -0.2) is 0 Å². The summed E-state index contributed by atoms with van der Waals surface area (Å²) in [7, 11) is 0. The Bertz CT molecular complexity index is 282. The summed E-state index contributed by atoms with van der Waals surface area (Å²) in [6.45, 7) is 10.7. The topological polar surface area (TPSA) is 12.4 Å². The van der Waals surface area contributed by atoms with E-state index in [9.17, 15) is 0 Å². The minimum Gasteiger partial charge on any atom is -0.297 e. The van der Waals surface area contributed by atoms with Crippen molar-refractivity contribution >= 4 is 6.21 Å². The molecule has 0 N–H and O–H groups in total. The van der Waals surface area contributed by atoms with Crippen LogP contribution in [0.2, 0.25) is 0 Å². The summed E-state index contributed by atoms with van der Waals surface area (Å²) in [4.78, 5) is 4.66. The van der Waals surface area contributed by atoms with Crippen LogP contribution in [-0.4, -0.2) is 12.8 Å². The average Bonchev–Trinajstić information content (AvgIpc) is 2.49. The SMILES string of the molecule is CCCCCCC(C)(CCCCCC)C1(C)C=NCCC1. The highest BCUT2D eigenvalue weighted by Crippen LogP contribution is 2.49. The molecule has 1 heterocycles. The van der Waals surface area contributed by atoms with Gasteiger partial charge in [0, 0.05) is 18.2 Å². The van der Waals surface area contributed by atoms with Crippen LogP contribution in [0.1, 0.15) is 105 Å². The molecule has 0 aromatic heterocycles. The highest BCUT2D eigenvalue weighted by atomic mass is 14.7. The van der Waals surface area contributed by atoms with E-state index in [0.29, 0.717) is 10.8 Å². The van der Waals surface area contributed by atoms with Crippen molar-refractivity contribution < 1.29 is 0 Å². The van der Waals surface area contributed by atoms with Crippen molar-refractivity contribution in [2.75, 3.05) is 6.54 Å². The molecule has 0 bridgehead atoms. The fourth-order valence-electron chi connectivity index (χ4n) is 3.91. The van der Waals surface area contributed by atoms with Crippen LogP contribution in [-0.2, 0) is 0 Å². The maximum atomic E-state index is 4.66. The lowest BCUT2D eigenvalue weighted by molar-refractivity contribution is 0.0956. The van der Waals surface area contributed by atoms with E-state index in [4.69, 9.17) is 0 Å². The molecule has 0 radical (unpaired) electrons. The highest BCUT2D eigenvalue weighted by Gasteiger charge is 2.42. The van der Waals surface area contributed by atoms with E-state index in [0.717, 1.165) is 6.54 Å². The van der Waals surface area contributed by atoms with Crippen molar-refractivity contribution in [3.8, 4) is 0 Å². The molecule has 1 aliphatic heterocycles. The summed E-state index contributed by atoms with van der Waals surface area (Å²) in [6.07, 6.45) is 18.8. The van der Waals surface area contributed by atoms with Gasteiger partial charge in [-0.05, 0) is 31.1 Å². The van der Waals surface area contributed by atoms with Crippen LogP contribution >= 0.6 is 0 Å². The van der Waals surface area contributed by atoms with Crippen molar-refractivity contribution in [1.82, 2.24) is 0 Å². The summed E-state index contributed by atoms with van der Waals surface area (Å²) in [5.74, 6) is 0. The van der Waals surface area contributed by atoms with Gasteiger partial charge in [0.05, 0.1) is 0 Å². The Hall–Kier alpha value is -0.330. The number of aliphatic imine (C=N–C) groups is 1. The van der Waals surface area contributed by atoms with Gasteiger partial charge in [0.2, 0.25) is 0 Å². The molecule has 1 rings (SSSR count). The monoisotopic (exact) mass is 293 g/mol. The van der Waals surface area contributed by atoms with Gasteiger partial charge in [-0.15, -0.1) is 0 Å². The van der Waals surface area contributed by atoms with Gasteiger partial charge in [-0.1, -0.05) is 79.1 Å². The molecule has 0 aromatic carbocycles. The van der Waals surface area contributed by atoms with Gasteiger partial charge >= 0.3 is 0 Å². The predicted molar refractivity (Wildman–Crippen MR) is 96.3 cm³/mol. The van der Waals surface area contributed by atoms with Gasteiger partial charge in [-0.2, -0.15) is 0 Å². The quantitative estimate of drug-likeness (QED) is 0.371. The van der Waals surface area contributed by atoms with Crippen molar-refractivity contribution in [1.29, 1.82) is 0 Å². The molecule has 1 heteroatoms. The maximum absolute atomic E-state index is 4.66. The Morgan fingerprint density at radius 2 is 1.52 bits per heavy atom. The first-order valence-electron chi connectivity index (χ1n) is 9.59. The zero-order valence-electron chi connectivity index (χ0n) is 15.2. The zero-order valence-corrected chi connectivity index (χ0v) is 15.2. The molecule has 1 aliphatic rings. The van der Waals surface area contributed by atoms with Gasteiger partial charge in [0.25, 0.3) is 0 Å². The molecule has 21 heavy (non-hydrogen) atoms. The molecule has 0 amide bonds. The molecule has 1 nitrogen and oxygen atoms in total. The molecule has 0 aliphatic carbocycles. The first-order chi connectivity index (χ1) is 10.1. The van der Waals surface area contributed by atoms with Gasteiger partial charge in [0.15, 0.2) is 0 Å². The van der Waals surface area contributed by atoms with E-state index in [1.165, 1.54) is 77.0 Å². The number of hydrogen-bond acceptors (Lipinski definition) is 1. The molecule has 1 atom stereocenters. The molecule has 0 fully saturated rings. The van der Waals surface area contributed by atoms with Gasteiger partial charge < -0.3 is 0 Å². The van der Waals surface area contributed by atoms with Gasteiger partial charge in [-0.3, -0.25) is 4.99 Å². The largest absolute Gasteiger partial charge is 0.297 e. The highest BCUT2D eigenvalue weighted by molar-refractivity contribution is 5.67. The number of rotatable bonds is 11. The van der Waals surface area contributed by atoms with Crippen LogP contribution in [0.4, 0.5) is 0 Å². The number of hydrogen-bond donors (Lipinski definition) is 0. The fourth-order valence-corrected chi connectivity index (χ4v) is 3.91. The summed E-state index contributed by atoms with van der Waals surface area (Å²) in [6, 6.07) is 0. The third kappa shape index (κ3) is 5.75. The minimum absolute atomic E-state index is 0.337. The second kappa shape index (κ2) is 9.64. The van der Waals surface area contributed by atoms with Crippen molar-refractivity contribution in [2.45, 2.75) is 105 Å². The predicted octanol–water partition coefficient (Wildman–Crippen LogP) is 6.80. The Morgan fingerprint density at radius 3 is 1.95 bits per heavy atom. The molecule has 0 saturated carbocycles. The number of unbranched alkanes of at least 4 members (excludes halogenated alkanes) is 6. The summed E-state index contributed by atoms with van der Waals surface area (Å²) >= 11 is 0. The van der Waals surface area contributed by atoms with E-state index in [1.807, 2.05) is 0 Å². The smallest absolute Gasteiger partial charge is 0.0385 e. The Labute approximate surface area is 134 Å². The normalized spacial score (nSPS) is 22.7. The van der Waals surface area contributed by atoms with E-state index >= 15 is 0 Å². The van der Waals surface area contributed by atoms with Crippen molar-refractivity contribution in [2.24, 2.45) is 15.8 Å². The molecule has 0 aromatic rings. The molecular formula is C20H39N. The van der Waals surface area contributed by atoms with Crippen LogP contribution in [0.15, 0.2) is 4.99 Å². The maximum Gasteiger partial charge on any atom is 0.0385 e. The van der Waals surface area contributed by atoms with E-state index in [2.05, 4.69) is 38.9 Å². The van der Waals surface area contributed by atoms with E-state index in [-0.39, 0.29) is 0 Å². The lowest BCUT2D eigenvalue weighted by atomic mass is 9.59. The lowest BCUT2D eigenvalue weighted by Crippen LogP contribution is -2.41. The first kappa shape index (κ1) is 18.7. The Morgan fingerprint density at radius 1 is 0.952 bits per heavy atom. The van der Waals surface area contributed by atoms with Crippen LogP contribution < -0.4 is 0 Å². The summed E-state index contributed by atoms with van der Waals surface area (Å²) in [5.41, 5.74) is 0.794. The molecular weight excluding hydrogens is 254 g/mol. The minimum atomic E-state index is 0.337. The molecule has 1 unspecified atom stereocenters. The standard InChI is InChI=1S/C20H39N/c1-5-7-9-11-14-19(3,15-12-10-8-6-2)20(4)16-13-17-21-18-20/h18H,5-17H2,1-4H3. The van der Waals surface area contributed by atoms with Crippen molar-refractivity contribution in [3.05, 3.63) is 0 Å². The Balaban J connectivity index is 2.62. The number of nitrogens with zero attached hydrogens (tertiary/aromatic N) is 1. The molecule has 0 saturated heterocycles. The van der Waals surface area contributed by atoms with E-state index in [1.54, 1.807) is 0 Å². The second-order valence-electron chi connectivity index (χ2n) is 7.74. The van der Waals surface area contributed by atoms with Crippen LogP contribution in [0.5, 0.6) is 0 Å². The third-order valence-corrected chi connectivity index (χ3v) is 5.90. The van der Waals surface area contributed by atoms with E-state index < -0.39 is 0 Å². The van der Waals surface area contributed by atoms with Gasteiger partial charge in [0.1, 0.15) is 0 Å². The summed E-state index contributed by atoms with van der Waals surface area (Å²) in [5, 5.41) is 0. The third-order valence-electron chi connectivity index (χ3n) is 5.90. The Kier molecular flexibility index (Phi) is 8.59. The lowest BCUT2D eigenvalue weighted by Gasteiger charge is -2.46.